The van der Waals surface area contributed by atoms with E-state index < -0.39 is 10.0 Å². The van der Waals surface area contributed by atoms with Gasteiger partial charge in [0.1, 0.15) is 4.21 Å². The first kappa shape index (κ1) is 11.0. The van der Waals surface area contributed by atoms with E-state index in [-0.39, 0.29) is 0 Å². The maximum absolute atomic E-state index is 12.3. The van der Waals surface area contributed by atoms with E-state index in [9.17, 15) is 8.42 Å². The summed E-state index contributed by atoms with van der Waals surface area (Å²) in [5.74, 6) is 0. The molecule has 0 unspecified atom stereocenters. The van der Waals surface area contributed by atoms with Crippen molar-refractivity contribution in [1.82, 2.24) is 9.29 Å². The average molecular weight is 268 g/mol. The zero-order chi connectivity index (χ0) is 11.9. The maximum atomic E-state index is 12.3. The molecule has 3 heterocycles. The van der Waals surface area contributed by atoms with Gasteiger partial charge in [-0.1, -0.05) is 6.07 Å². The fourth-order valence-electron chi connectivity index (χ4n) is 2.07. The molecule has 2 aromatic rings. The van der Waals surface area contributed by atoms with Gasteiger partial charge in [0.15, 0.2) is 0 Å². The second-order valence-corrected chi connectivity index (χ2v) is 7.11. The predicted octanol–water partition coefficient (Wildman–Crippen LogP) is 1.82. The summed E-state index contributed by atoms with van der Waals surface area (Å²) in [4.78, 5) is 3.15. The number of H-pyrrole nitrogens is 1. The summed E-state index contributed by atoms with van der Waals surface area (Å²) in [6.45, 7) is 1.02. The number of aromatic nitrogens is 1. The lowest BCUT2D eigenvalue weighted by Gasteiger charge is -2.25. The van der Waals surface area contributed by atoms with Crippen LogP contribution in [0.1, 0.15) is 11.3 Å². The largest absolute Gasteiger partial charge is 0.365 e. The van der Waals surface area contributed by atoms with Gasteiger partial charge in [0.2, 0.25) is 0 Å². The van der Waals surface area contributed by atoms with Crippen LogP contribution in [0.3, 0.4) is 0 Å². The zero-order valence-electron chi connectivity index (χ0n) is 9.09. The molecule has 3 rings (SSSR count). The Morgan fingerprint density at radius 3 is 3.00 bits per heavy atom. The lowest BCUT2D eigenvalue weighted by atomic mass is 10.1. The molecule has 0 bridgehead atoms. The molecule has 1 N–H and O–H groups in total. The average Bonchev–Trinajstić information content (AvgIpc) is 2.99. The van der Waals surface area contributed by atoms with Crippen molar-refractivity contribution in [2.75, 3.05) is 6.54 Å². The highest BCUT2D eigenvalue weighted by Crippen LogP contribution is 2.26. The van der Waals surface area contributed by atoms with Crippen molar-refractivity contribution in [2.45, 2.75) is 17.2 Å². The normalized spacial score (nSPS) is 16.9. The number of nitrogens with zero attached hydrogens (tertiary/aromatic N) is 1. The monoisotopic (exact) mass is 268 g/mol. The quantitative estimate of drug-likeness (QED) is 0.903. The van der Waals surface area contributed by atoms with Gasteiger partial charge in [-0.15, -0.1) is 11.3 Å². The molecular weight excluding hydrogens is 256 g/mol. The Hall–Kier alpha value is -1.11. The van der Waals surface area contributed by atoms with Gasteiger partial charge in [-0.3, -0.25) is 0 Å². The lowest BCUT2D eigenvalue weighted by molar-refractivity contribution is 0.391. The third kappa shape index (κ3) is 1.82. The summed E-state index contributed by atoms with van der Waals surface area (Å²) < 4.78 is 26.6. The van der Waals surface area contributed by atoms with Crippen LogP contribution in [0.4, 0.5) is 0 Å². The summed E-state index contributed by atoms with van der Waals surface area (Å²) in [5.41, 5.74) is 2.24. The topological polar surface area (TPSA) is 53.2 Å². The van der Waals surface area contributed by atoms with E-state index in [0.717, 1.165) is 17.7 Å². The van der Waals surface area contributed by atoms with Gasteiger partial charge < -0.3 is 4.98 Å². The van der Waals surface area contributed by atoms with Gasteiger partial charge in [-0.05, 0) is 23.1 Å². The minimum atomic E-state index is -3.30. The summed E-state index contributed by atoms with van der Waals surface area (Å²) in [7, 11) is -3.30. The van der Waals surface area contributed by atoms with Gasteiger partial charge in [0, 0.05) is 31.4 Å². The first-order chi connectivity index (χ1) is 8.18. The minimum Gasteiger partial charge on any atom is -0.365 e. The molecule has 6 heteroatoms. The highest BCUT2D eigenvalue weighted by atomic mass is 32.2. The van der Waals surface area contributed by atoms with E-state index in [1.807, 2.05) is 12.3 Å². The molecular formula is C11H12N2O2S2. The molecule has 0 spiro atoms. The van der Waals surface area contributed by atoms with E-state index in [1.165, 1.54) is 11.3 Å². The number of hydrogen-bond donors (Lipinski definition) is 1. The molecule has 0 saturated heterocycles. The van der Waals surface area contributed by atoms with Crippen LogP contribution in [-0.4, -0.2) is 24.3 Å². The number of fused-ring (bicyclic) bond motifs is 1. The molecule has 0 aromatic carbocycles. The predicted molar refractivity (Wildman–Crippen MR) is 66.4 cm³/mol. The van der Waals surface area contributed by atoms with Crippen LogP contribution in [0, 0.1) is 0 Å². The van der Waals surface area contributed by atoms with Gasteiger partial charge in [-0.25, -0.2) is 8.42 Å². The molecule has 1 aliphatic heterocycles. The molecule has 0 aliphatic carbocycles. The Morgan fingerprint density at radius 1 is 1.35 bits per heavy atom. The second-order valence-electron chi connectivity index (χ2n) is 4.00. The summed E-state index contributed by atoms with van der Waals surface area (Å²) in [6, 6.07) is 5.38. The van der Waals surface area contributed by atoms with Gasteiger partial charge >= 0.3 is 0 Å². The van der Waals surface area contributed by atoms with E-state index in [1.54, 1.807) is 21.8 Å². The van der Waals surface area contributed by atoms with Gasteiger partial charge in [0.05, 0.1) is 0 Å². The Balaban J connectivity index is 1.93. The Morgan fingerprint density at radius 2 is 2.24 bits per heavy atom. The molecule has 1 aliphatic rings. The number of aromatic amines is 1. The van der Waals surface area contributed by atoms with Crippen LogP contribution in [0.25, 0.3) is 0 Å². The smallest absolute Gasteiger partial charge is 0.252 e. The van der Waals surface area contributed by atoms with Gasteiger partial charge in [-0.2, -0.15) is 4.31 Å². The van der Waals surface area contributed by atoms with Crippen LogP contribution < -0.4 is 0 Å². The van der Waals surface area contributed by atoms with Crippen LogP contribution in [0.2, 0.25) is 0 Å². The van der Waals surface area contributed by atoms with Crippen LogP contribution in [-0.2, 0) is 23.0 Å². The fraction of sp³-hybridized carbons (Fsp3) is 0.273. The maximum Gasteiger partial charge on any atom is 0.252 e. The van der Waals surface area contributed by atoms with Crippen LogP contribution in [0.5, 0.6) is 0 Å². The van der Waals surface area contributed by atoms with Crippen LogP contribution >= 0.6 is 11.3 Å². The molecule has 4 nitrogen and oxygen atoms in total. The number of thiophene rings is 1. The Bertz CT molecular complexity index is 614. The number of nitrogens with one attached hydrogen (secondary N) is 1. The van der Waals surface area contributed by atoms with Crippen molar-refractivity contribution in [3.05, 3.63) is 41.0 Å². The zero-order valence-corrected chi connectivity index (χ0v) is 10.7. The SMILES string of the molecule is O=S(=O)(c1cccs1)N1CCc2[nH]ccc2C1. The van der Waals surface area contributed by atoms with E-state index in [0.29, 0.717) is 17.3 Å². The molecule has 90 valence electrons. The van der Waals surface area contributed by atoms with E-state index >= 15 is 0 Å². The first-order valence-electron chi connectivity index (χ1n) is 5.37. The highest BCUT2D eigenvalue weighted by Gasteiger charge is 2.29. The summed E-state index contributed by atoms with van der Waals surface area (Å²) in [6.07, 6.45) is 2.62. The second kappa shape index (κ2) is 3.97. The fourth-order valence-corrected chi connectivity index (χ4v) is 4.63. The number of rotatable bonds is 2. The third-order valence-electron chi connectivity index (χ3n) is 2.98. The molecule has 0 fully saturated rings. The number of hydrogen-bond acceptors (Lipinski definition) is 3. The lowest BCUT2D eigenvalue weighted by Crippen LogP contribution is -2.35. The third-order valence-corrected chi connectivity index (χ3v) is 6.20. The van der Waals surface area contributed by atoms with Crippen molar-refractivity contribution in [3.63, 3.8) is 0 Å². The first-order valence-corrected chi connectivity index (χ1v) is 7.69. The van der Waals surface area contributed by atoms with Crippen molar-refractivity contribution < 1.29 is 8.42 Å². The minimum absolute atomic E-state index is 0.427. The van der Waals surface area contributed by atoms with E-state index in [2.05, 4.69) is 4.98 Å². The standard InChI is InChI=1S/C11H12N2O2S2/c14-17(15,11-2-1-7-16-11)13-6-4-10-9(8-13)3-5-12-10/h1-3,5,7,12H,4,6,8H2. The van der Waals surface area contributed by atoms with Crippen molar-refractivity contribution in [2.24, 2.45) is 0 Å². The highest BCUT2D eigenvalue weighted by molar-refractivity contribution is 7.91. The molecule has 0 saturated carbocycles. The summed E-state index contributed by atoms with van der Waals surface area (Å²) >= 11 is 1.27. The molecule has 2 aromatic heterocycles. The van der Waals surface area contributed by atoms with Crippen LogP contribution in [0.15, 0.2) is 34.0 Å². The number of sulfonamides is 1. The molecule has 0 atom stereocenters. The van der Waals surface area contributed by atoms with Crippen molar-refractivity contribution in [1.29, 1.82) is 0 Å². The molecule has 0 amide bonds. The Kier molecular flexibility index (Phi) is 2.57. The van der Waals surface area contributed by atoms with E-state index in [4.69, 9.17) is 0 Å². The van der Waals surface area contributed by atoms with Crippen molar-refractivity contribution >= 4 is 21.4 Å². The van der Waals surface area contributed by atoms with Crippen molar-refractivity contribution in [3.8, 4) is 0 Å². The Labute approximate surface area is 104 Å². The molecule has 0 radical (unpaired) electrons. The molecule has 17 heavy (non-hydrogen) atoms. The van der Waals surface area contributed by atoms with Gasteiger partial charge in [0.25, 0.3) is 10.0 Å². The summed E-state index contributed by atoms with van der Waals surface area (Å²) in [5, 5.41) is 1.79.